The van der Waals surface area contributed by atoms with E-state index in [1.807, 2.05) is 13.8 Å². The van der Waals surface area contributed by atoms with Gasteiger partial charge in [0.2, 0.25) is 0 Å². The van der Waals surface area contributed by atoms with Crippen LogP contribution in [0.1, 0.15) is 131 Å². The van der Waals surface area contributed by atoms with Crippen LogP contribution in [0.4, 0.5) is 0 Å². The quantitative estimate of drug-likeness (QED) is 0.214. The van der Waals surface area contributed by atoms with Crippen molar-refractivity contribution in [3.63, 3.8) is 0 Å². The van der Waals surface area contributed by atoms with Crippen LogP contribution in [0.25, 0.3) is 0 Å². The topological polar surface area (TPSA) is 146 Å². The van der Waals surface area contributed by atoms with Crippen LogP contribution in [-0.4, -0.2) is 125 Å². The first kappa shape index (κ1) is 41.2. The van der Waals surface area contributed by atoms with E-state index in [4.69, 9.17) is 33.2 Å². The molecule has 57 heavy (non-hydrogen) atoms. The maximum atomic E-state index is 12.6. The smallest absolute Gasteiger partial charge is 0.331 e. The van der Waals surface area contributed by atoms with E-state index in [0.29, 0.717) is 30.9 Å². The van der Waals surface area contributed by atoms with E-state index in [1.165, 1.54) is 19.3 Å². The minimum Gasteiger partial charge on any atom is -0.458 e. The van der Waals surface area contributed by atoms with Crippen LogP contribution in [0, 0.1) is 34.5 Å². The van der Waals surface area contributed by atoms with Gasteiger partial charge in [-0.25, -0.2) is 4.79 Å². The summed E-state index contributed by atoms with van der Waals surface area (Å²) in [4.78, 5) is 14.5. The lowest BCUT2D eigenvalue weighted by Crippen LogP contribution is -2.62. The van der Waals surface area contributed by atoms with E-state index in [-0.39, 0.29) is 47.3 Å². The molecule has 12 nitrogen and oxygen atoms in total. The first-order chi connectivity index (χ1) is 27.2. The number of ether oxygens (including phenoxy) is 7. The summed E-state index contributed by atoms with van der Waals surface area (Å²) >= 11 is 0. The molecule has 0 aromatic rings. The number of nitrogens with zero attached hydrogens (tertiary/aromatic N) is 1. The van der Waals surface area contributed by atoms with Crippen molar-refractivity contribution in [2.75, 3.05) is 19.7 Å². The number of hydrogen-bond donors (Lipinski definition) is 3. The van der Waals surface area contributed by atoms with Gasteiger partial charge in [-0.2, -0.15) is 0 Å². The van der Waals surface area contributed by atoms with Crippen molar-refractivity contribution in [2.45, 2.75) is 210 Å². The summed E-state index contributed by atoms with van der Waals surface area (Å²) in [6, 6.07) is 0.658. The molecule has 9 rings (SSSR count). The molecule has 18 atom stereocenters. The Hall–Kier alpha value is -1.19. The summed E-state index contributed by atoms with van der Waals surface area (Å²) in [5, 5.41) is 35.2. The zero-order chi connectivity index (χ0) is 39.9. The molecule has 4 heterocycles. The van der Waals surface area contributed by atoms with Crippen molar-refractivity contribution < 1.29 is 53.3 Å². The fraction of sp³-hybridized carbons (Fsp3) is 0.933. The fourth-order valence-corrected chi connectivity index (χ4v) is 13.9. The van der Waals surface area contributed by atoms with Gasteiger partial charge >= 0.3 is 5.97 Å². The Labute approximate surface area is 339 Å². The summed E-state index contributed by atoms with van der Waals surface area (Å²) in [6.45, 7) is 12.9. The Morgan fingerprint density at radius 1 is 0.754 bits per heavy atom. The fourth-order valence-electron chi connectivity index (χ4n) is 13.9. The Balaban J connectivity index is 0.751. The summed E-state index contributed by atoms with van der Waals surface area (Å²) in [5.41, 5.74) is 0.278. The lowest BCUT2D eigenvalue weighted by Gasteiger charge is -2.64. The maximum Gasteiger partial charge on any atom is 0.331 e. The number of cyclic esters (lactones) is 1. The molecule has 322 valence electrons. The van der Waals surface area contributed by atoms with Crippen molar-refractivity contribution in [1.82, 2.24) is 4.90 Å². The molecule has 5 aliphatic carbocycles. The van der Waals surface area contributed by atoms with Crippen molar-refractivity contribution in [2.24, 2.45) is 34.5 Å². The van der Waals surface area contributed by atoms with Gasteiger partial charge in [-0.15, -0.1) is 0 Å². The molecule has 5 unspecified atom stereocenters. The molecule has 0 aromatic carbocycles. The van der Waals surface area contributed by atoms with E-state index in [2.05, 4.69) is 25.7 Å². The van der Waals surface area contributed by atoms with Gasteiger partial charge in [-0.3, -0.25) is 4.90 Å². The minimum absolute atomic E-state index is 0.0532. The van der Waals surface area contributed by atoms with E-state index in [9.17, 15) is 20.1 Å². The van der Waals surface area contributed by atoms with Crippen molar-refractivity contribution >= 4 is 5.97 Å². The van der Waals surface area contributed by atoms with Gasteiger partial charge in [0.15, 0.2) is 18.9 Å². The van der Waals surface area contributed by atoms with Crippen molar-refractivity contribution in [1.29, 1.82) is 0 Å². The molecular formula is C45H71NO11. The standard InChI is InChI=1S/C45H71NO11/c1-25-23-46(30-7-6-8-30)18-14-38(52-25)56-41-26(2)54-40(22-36(41)48)57-42-27(3)53-39(21-35(42)47)55-31-11-15-43(4)29(20-31)9-10-34-33(43)12-16-44(5)32(13-17-45(34,44)50)28-19-37(49)51-24-28/h19,25-27,29-36,38-42,47-48,50H,6-18,20-24H2,1-5H3/t25?,26-,27-,29?,31-,32+,33?,34?,35-,36-,38?,39-,40-,41+,42+,43-,44+,45-/m0/s1. The molecule has 0 radical (unpaired) electrons. The van der Waals surface area contributed by atoms with Crippen LogP contribution in [0.5, 0.6) is 0 Å². The van der Waals surface area contributed by atoms with Crippen LogP contribution in [0.2, 0.25) is 0 Å². The normalized spacial score (nSPS) is 52.2. The largest absolute Gasteiger partial charge is 0.458 e. The van der Waals surface area contributed by atoms with E-state index in [1.54, 1.807) is 6.08 Å². The van der Waals surface area contributed by atoms with Crippen LogP contribution in [0.3, 0.4) is 0 Å². The molecule has 0 amide bonds. The third kappa shape index (κ3) is 7.50. The number of carbonyl (C=O) groups is 1. The molecule has 0 aromatic heterocycles. The van der Waals surface area contributed by atoms with Crippen LogP contribution < -0.4 is 0 Å². The molecule has 0 spiro atoms. The van der Waals surface area contributed by atoms with Crippen molar-refractivity contribution in [3.05, 3.63) is 11.6 Å². The van der Waals surface area contributed by atoms with Gasteiger partial charge in [0.05, 0.1) is 42.2 Å². The highest BCUT2D eigenvalue weighted by Gasteiger charge is 2.68. The predicted octanol–water partition coefficient (Wildman–Crippen LogP) is 5.38. The van der Waals surface area contributed by atoms with Gasteiger partial charge in [-0.05, 0) is 126 Å². The molecule has 3 N–H and O–H groups in total. The molecule has 3 saturated heterocycles. The number of esters is 1. The third-order valence-electron chi connectivity index (χ3n) is 17.3. The zero-order valence-electron chi connectivity index (χ0n) is 35.1. The van der Waals surface area contributed by atoms with Crippen LogP contribution in [0.15, 0.2) is 11.6 Å². The second-order valence-electron chi connectivity index (χ2n) is 20.4. The number of fused-ring (bicyclic) bond motifs is 5. The first-order valence-corrected chi connectivity index (χ1v) is 22.9. The highest BCUT2D eigenvalue weighted by Crippen LogP contribution is 2.70. The Kier molecular flexibility index (Phi) is 11.5. The van der Waals surface area contributed by atoms with E-state index in [0.717, 1.165) is 82.9 Å². The lowest BCUT2D eigenvalue weighted by atomic mass is 9.43. The number of aliphatic hydroxyl groups is 3. The number of carbonyl (C=O) groups excluding carboxylic acids is 1. The van der Waals surface area contributed by atoms with Crippen molar-refractivity contribution in [3.8, 4) is 0 Å². The molecular weight excluding hydrogens is 730 g/mol. The molecule has 9 aliphatic rings. The monoisotopic (exact) mass is 802 g/mol. The summed E-state index contributed by atoms with van der Waals surface area (Å²) < 4.78 is 43.6. The second kappa shape index (κ2) is 15.9. The van der Waals surface area contributed by atoms with Gasteiger partial charge < -0.3 is 48.5 Å². The highest BCUT2D eigenvalue weighted by molar-refractivity contribution is 5.85. The summed E-state index contributed by atoms with van der Waals surface area (Å²) in [5.74, 6) is 1.22. The SMILES string of the molecule is CC1CN(C2CCC2)CCC(O[C@@H]2[C@H](C)O[C@@H](O[C@@H]3[C@H](C)O[C@@H](O[C@H]4CC[C@@]5(C)C(CCC6C5CC[C@]5(C)[C@@H](C7=CC(=O)OC7)CC[C@]65O)C4)C[C@@H]3O)C[C@@H]2O)O1. The molecule has 12 heteroatoms. The van der Waals surface area contributed by atoms with Crippen LogP contribution in [-0.2, 0) is 38.0 Å². The zero-order valence-corrected chi connectivity index (χ0v) is 35.1. The molecule has 8 fully saturated rings. The Morgan fingerprint density at radius 2 is 1.46 bits per heavy atom. The van der Waals surface area contributed by atoms with Gasteiger partial charge in [-0.1, -0.05) is 20.3 Å². The average molecular weight is 802 g/mol. The number of hydrogen-bond acceptors (Lipinski definition) is 12. The van der Waals surface area contributed by atoms with Gasteiger partial charge in [0.25, 0.3) is 0 Å². The van der Waals surface area contributed by atoms with Crippen LogP contribution >= 0.6 is 0 Å². The minimum atomic E-state index is -0.801. The Morgan fingerprint density at radius 3 is 2.11 bits per heavy atom. The number of rotatable bonds is 8. The first-order valence-electron chi connectivity index (χ1n) is 22.9. The predicted molar refractivity (Wildman–Crippen MR) is 208 cm³/mol. The molecule has 5 saturated carbocycles. The highest BCUT2D eigenvalue weighted by atomic mass is 16.7. The third-order valence-corrected chi connectivity index (χ3v) is 17.3. The maximum absolute atomic E-state index is 12.6. The molecule has 4 aliphatic heterocycles. The Bertz CT molecular complexity index is 1470. The summed E-state index contributed by atoms with van der Waals surface area (Å²) in [7, 11) is 0. The molecule has 0 bridgehead atoms. The van der Waals surface area contributed by atoms with E-state index < -0.39 is 61.1 Å². The average Bonchev–Trinajstić information content (AvgIpc) is 3.62. The second-order valence-corrected chi connectivity index (χ2v) is 20.4. The summed E-state index contributed by atoms with van der Waals surface area (Å²) in [6.07, 6.45) is 10.6. The van der Waals surface area contributed by atoms with Gasteiger partial charge in [0.1, 0.15) is 18.8 Å². The lowest BCUT2D eigenvalue weighted by molar-refractivity contribution is -0.329. The van der Waals surface area contributed by atoms with E-state index >= 15 is 0 Å². The van der Waals surface area contributed by atoms with Gasteiger partial charge in [0, 0.05) is 49.9 Å². The number of aliphatic hydroxyl groups excluding tert-OH is 2.